The van der Waals surface area contributed by atoms with Crippen LogP contribution in [0.2, 0.25) is 0 Å². The molecule has 0 saturated heterocycles. The molecule has 0 heterocycles. The van der Waals surface area contributed by atoms with Crippen LogP contribution in [0.5, 0.6) is 0 Å². The van der Waals surface area contributed by atoms with E-state index in [1.807, 2.05) is 0 Å². The molecule has 0 aromatic heterocycles. The highest BCUT2D eigenvalue weighted by molar-refractivity contribution is 8.03. The van der Waals surface area contributed by atoms with E-state index in [9.17, 15) is 4.79 Å². The largest absolute Gasteiger partial charge is 0.478 e. The van der Waals surface area contributed by atoms with Gasteiger partial charge in [-0.25, -0.2) is 4.79 Å². The predicted molar refractivity (Wildman–Crippen MR) is 74.5 cm³/mol. The smallest absolute Gasteiger partial charge is 0.329 e. The van der Waals surface area contributed by atoms with Gasteiger partial charge in [-0.15, -0.1) is 11.8 Å². The lowest BCUT2D eigenvalue weighted by atomic mass is 9.49. The Morgan fingerprint density at radius 3 is 2.11 bits per heavy atom. The predicted octanol–water partition coefficient (Wildman–Crippen LogP) is 3.92. The first-order valence-electron chi connectivity index (χ1n) is 7.19. The Morgan fingerprint density at radius 1 is 1.22 bits per heavy atom. The number of rotatable bonds is 4. The van der Waals surface area contributed by atoms with Gasteiger partial charge in [-0.2, -0.15) is 0 Å². The van der Waals surface area contributed by atoms with E-state index in [0.717, 1.165) is 23.5 Å². The molecule has 100 valence electrons. The van der Waals surface area contributed by atoms with Crippen LogP contribution in [0.1, 0.15) is 45.4 Å². The number of allylic oxidation sites excluding steroid dienone is 1. The minimum absolute atomic E-state index is 0.244. The second-order valence-electron chi connectivity index (χ2n) is 6.48. The zero-order valence-corrected chi connectivity index (χ0v) is 11.8. The lowest BCUT2D eigenvalue weighted by Gasteiger charge is -2.57. The fourth-order valence-corrected chi connectivity index (χ4v) is 6.08. The molecule has 0 aromatic carbocycles. The standard InChI is InChI=1S/C15H22O2S/c1-2-18-13(6-14(16)17)15-7-10-3-11(8-15)5-12(4-10)9-15/h6,10-12H,2-5,7-9H2,1H3,(H,16,17)/b13-6+. The highest BCUT2D eigenvalue weighted by Crippen LogP contribution is 2.64. The van der Waals surface area contributed by atoms with Gasteiger partial charge in [-0.1, -0.05) is 6.92 Å². The second-order valence-corrected chi connectivity index (χ2v) is 7.78. The Morgan fingerprint density at radius 2 is 1.72 bits per heavy atom. The van der Waals surface area contributed by atoms with Gasteiger partial charge in [-0.3, -0.25) is 0 Å². The molecule has 4 saturated carbocycles. The van der Waals surface area contributed by atoms with E-state index in [1.54, 1.807) is 11.8 Å². The van der Waals surface area contributed by atoms with Crippen LogP contribution in [0.3, 0.4) is 0 Å². The van der Waals surface area contributed by atoms with E-state index in [1.165, 1.54) is 49.5 Å². The van der Waals surface area contributed by atoms with Gasteiger partial charge in [0.25, 0.3) is 0 Å². The van der Waals surface area contributed by atoms with Crippen LogP contribution >= 0.6 is 11.8 Å². The summed E-state index contributed by atoms with van der Waals surface area (Å²) >= 11 is 1.77. The van der Waals surface area contributed by atoms with Crippen LogP contribution in [0.25, 0.3) is 0 Å². The first-order valence-corrected chi connectivity index (χ1v) is 8.18. The van der Waals surface area contributed by atoms with Gasteiger partial charge in [0, 0.05) is 11.5 Å². The third-order valence-corrected chi connectivity index (χ3v) is 6.27. The van der Waals surface area contributed by atoms with Crippen molar-refractivity contribution in [2.75, 3.05) is 5.75 Å². The summed E-state index contributed by atoms with van der Waals surface area (Å²) in [5.74, 6) is 2.87. The van der Waals surface area contributed by atoms with E-state index in [-0.39, 0.29) is 5.41 Å². The average molecular weight is 266 g/mol. The lowest BCUT2D eigenvalue weighted by molar-refractivity contribution is -0.131. The van der Waals surface area contributed by atoms with Gasteiger partial charge in [-0.05, 0) is 66.9 Å². The molecule has 4 bridgehead atoms. The minimum atomic E-state index is -0.762. The molecule has 2 nitrogen and oxygen atoms in total. The number of hydrogen-bond donors (Lipinski definition) is 1. The molecule has 0 aromatic rings. The second kappa shape index (κ2) is 4.59. The number of aliphatic carboxylic acids is 1. The van der Waals surface area contributed by atoms with Crippen LogP contribution in [-0.4, -0.2) is 16.8 Å². The Labute approximate surface area is 113 Å². The fourth-order valence-electron chi connectivity index (χ4n) is 5.03. The monoisotopic (exact) mass is 266 g/mol. The molecule has 0 spiro atoms. The summed E-state index contributed by atoms with van der Waals surface area (Å²) in [7, 11) is 0. The van der Waals surface area contributed by atoms with Crippen molar-refractivity contribution in [3.63, 3.8) is 0 Å². The van der Waals surface area contributed by atoms with E-state index < -0.39 is 5.97 Å². The Hall–Kier alpha value is -0.440. The van der Waals surface area contributed by atoms with Crippen molar-refractivity contribution in [3.05, 3.63) is 11.0 Å². The summed E-state index contributed by atoms with van der Waals surface area (Å²) in [6, 6.07) is 0. The zero-order chi connectivity index (χ0) is 12.8. The van der Waals surface area contributed by atoms with Crippen LogP contribution in [0.15, 0.2) is 11.0 Å². The third-order valence-electron chi connectivity index (χ3n) is 5.12. The van der Waals surface area contributed by atoms with Crippen molar-refractivity contribution in [1.82, 2.24) is 0 Å². The Kier molecular flexibility index (Phi) is 3.21. The third kappa shape index (κ3) is 2.11. The summed E-state index contributed by atoms with van der Waals surface area (Å²) < 4.78 is 0. The van der Waals surface area contributed by atoms with Crippen molar-refractivity contribution in [2.45, 2.75) is 45.4 Å². The van der Waals surface area contributed by atoms with Crippen LogP contribution in [-0.2, 0) is 4.79 Å². The van der Waals surface area contributed by atoms with Crippen LogP contribution < -0.4 is 0 Å². The summed E-state index contributed by atoms with van der Waals surface area (Å²) in [6.45, 7) is 2.13. The van der Waals surface area contributed by atoms with Gasteiger partial charge in [0.1, 0.15) is 0 Å². The Bertz CT molecular complexity index is 351. The van der Waals surface area contributed by atoms with Gasteiger partial charge < -0.3 is 5.11 Å². The summed E-state index contributed by atoms with van der Waals surface area (Å²) in [5, 5.41) is 9.12. The quantitative estimate of drug-likeness (QED) is 0.783. The molecule has 4 aliphatic rings. The molecule has 18 heavy (non-hydrogen) atoms. The topological polar surface area (TPSA) is 37.3 Å². The maximum atomic E-state index is 11.1. The molecular weight excluding hydrogens is 244 g/mol. The molecule has 0 radical (unpaired) electrons. The average Bonchev–Trinajstić information content (AvgIpc) is 2.26. The molecule has 0 atom stereocenters. The van der Waals surface area contributed by atoms with E-state index >= 15 is 0 Å². The highest BCUT2D eigenvalue weighted by Gasteiger charge is 2.52. The molecule has 0 unspecified atom stereocenters. The highest BCUT2D eigenvalue weighted by atomic mass is 32.2. The van der Waals surface area contributed by atoms with Crippen molar-refractivity contribution in [1.29, 1.82) is 0 Å². The maximum Gasteiger partial charge on any atom is 0.329 e. The summed E-state index contributed by atoms with van der Waals surface area (Å²) in [4.78, 5) is 12.3. The normalized spacial score (nSPS) is 42.3. The maximum absolute atomic E-state index is 11.1. The lowest BCUT2D eigenvalue weighted by Crippen LogP contribution is -2.46. The van der Waals surface area contributed by atoms with E-state index in [4.69, 9.17) is 5.11 Å². The fraction of sp³-hybridized carbons (Fsp3) is 0.800. The molecule has 4 fully saturated rings. The van der Waals surface area contributed by atoms with Crippen molar-refractivity contribution in [2.24, 2.45) is 23.2 Å². The first-order chi connectivity index (χ1) is 8.61. The van der Waals surface area contributed by atoms with Gasteiger partial charge in [0.2, 0.25) is 0 Å². The van der Waals surface area contributed by atoms with E-state index in [0.29, 0.717) is 0 Å². The summed E-state index contributed by atoms with van der Waals surface area (Å²) in [5.41, 5.74) is 0.244. The molecular formula is C15H22O2S. The van der Waals surface area contributed by atoms with Crippen LogP contribution in [0.4, 0.5) is 0 Å². The van der Waals surface area contributed by atoms with Crippen molar-refractivity contribution >= 4 is 17.7 Å². The molecule has 0 aliphatic heterocycles. The Balaban J connectivity index is 1.90. The van der Waals surface area contributed by atoms with Gasteiger partial charge in [0.15, 0.2) is 0 Å². The summed E-state index contributed by atoms with van der Waals surface area (Å²) in [6.07, 6.45) is 9.52. The SMILES string of the molecule is CCS/C(=C/C(=O)O)C12CC3CC(CC(C3)C1)C2. The van der Waals surface area contributed by atoms with Crippen molar-refractivity contribution in [3.8, 4) is 0 Å². The first kappa shape index (κ1) is 12.6. The molecule has 4 aliphatic carbocycles. The number of carbonyl (C=O) groups is 1. The number of carboxylic acids is 1. The van der Waals surface area contributed by atoms with Gasteiger partial charge in [0.05, 0.1) is 0 Å². The number of carboxylic acid groups (broad SMARTS) is 1. The number of thioether (sulfide) groups is 1. The van der Waals surface area contributed by atoms with E-state index in [2.05, 4.69) is 6.92 Å². The molecule has 0 amide bonds. The molecule has 3 heteroatoms. The minimum Gasteiger partial charge on any atom is -0.478 e. The van der Waals surface area contributed by atoms with Gasteiger partial charge >= 0.3 is 5.97 Å². The number of hydrogen-bond acceptors (Lipinski definition) is 2. The van der Waals surface area contributed by atoms with Crippen LogP contribution in [0, 0.1) is 23.2 Å². The zero-order valence-electron chi connectivity index (χ0n) is 11.0. The van der Waals surface area contributed by atoms with Crippen molar-refractivity contribution < 1.29 is 9.90 Å². The molecule has 1 N–H and O–H groups in total. The molecule has 4 rings (SSSR count).